The quantitative estimate of drug-likeness (QED) is 0.209. The molecule has 3 aliphatic rings. The van der Waals surface area contributed by atoms with Gasteiger partial charge >= 0.3 is 0 Å². The predicted molar refractivity (Wildman–Crippen MR) is 164 cm³/mol. The summed E-state index contributed by atoms with van der Waals surface area (Å²) < 4.78 is 26.6. The van der Waals surface area contributed by atoms with Gasteiger partial charge in [0.1, 0.15) is 17.9 Å². The van der Waals surface area contributed by atoms with Crippen LogP contribution >= 0.6 is 0 Å². The van der Waals surface area contributed by atoms with E-state index in [2.05, 4.69) is 22.3 Å². The van der Waals surface area contributed by atoms with Crippen LogP contribution in [0.4, 0.5) is 8.78 Å². The number of benzene rings is 2. The van der Waals surface area contributed by atoms with Crippen LogP contribution in [0.25, 0.3) is 5.70 Å². The third-order valence-corrected chi connectivity index (χ3v) is 8.97. The Kier molecular flexibility index (Phi) is 11.2. The Hall–Kier alpha value is -3.47. The lowest BCUT2D eigenvalue weighted by Crippen LogP contribution is -2.62. The molecule has 0 bridgehead atoms. The van der Waals surface area contributed by atoms with E-state index in [0.29, 0.717) is 38.3 Å². The zero-order chi connectivity index (χ0) is 30.9. The van der Waals surface area contributed by atoms with Gasteiger partial charge in [0, 0.05) is 68.9 Å². The molecule has 1 saturated carbocycles. The maximum atomic E-state index is 13.5. The number of nitrogens with zero attached hydrogens (tertiary/aromatic N) is 4. The van der Waals surface area contributed by atoms with Gasteiger partial charge in [-0.3, -0.25) is 9.59 Å². The summed E-state index contributed by atoms with van der Waals surface area (Å²) in [6.45, 7) is 4.07. The molecule has 8 nitrogen and oxygen atoms in total. The number of piperidine rings is 1. The number of aliphatic imine (C=N–C) groups is 1. The van der Waals surface area contributed by atoms with E-state index in [0.717, 1.165) is 62.4 Å². The van der Waals surface area contributed by atoms with E-state index in [4.69, 9.17) is 0 Å². The Morgan fingerprint density at radius 3 is 2.56 bits per heavy atom. The van der Waals surface area contributed by atoms with Gasteiger partial charge < -0.3 is 25.1 Å². The van der Waals surface area contributed by atoms with Crippen LogP contribution in [0, 0.1) is 17.0 Å². The molecule has 232 valence electrons. The number of likely N-dealkylation sites (N-methyl/N-ethyl adjacent to an activating group) is 1. The van der Waals surface area contributed by atoms with Gasteiger partial charge in [-0.2, -0.15) is 0 Å². The van der Waals surface area contributed by atoms with Crippen molar-refractivity contribution >= 4 is 24.7 Å². The Bertz CT molecular complexity index is 1280. The molecule has 0 radical (unpaired) electrons. The second-order valence-corrected chi connectivity index (χ2v) is 11.9. The molecule has 1 aliphatic carbocycles. The number of carbonyl (C=O) groups excluding carboxylic acids is 2. The van der Waals surface area contributed by atoms with Crippen molar-refractivity contribution in [1.82, 2.24) is 20.0 Å². The van der Waals surface area contributed by atoms with Crippen LogP contribution in [0.2, 0.25) is 0 Å². The number of hydrogen-bond donors (Lipinski definition) is 2. The molecule has 2 N–H and O–H groups in total. The van der Waals surface area contributed by atoms with Gasteiger partial charge in [0.05, 0.1) is 23.7 Å². The number of allylic oxidation sites excluding steroid dienone is 1. The summed E-state index contributed by atoms with van der Waals surface area (Å²) in [4.78, 5) is 32.1. The average Bonchev–Trinajstić information content (AvgIpc) is 3.49. The van der Waals surface area contributed by atoms with E-state index in [1.54, 1.807) is 6.34 Å². The Labute approximate surface area is 253 Å². The van der Waals surface area contributed by atoms with Crippen molar-refractivity contribution in [3.8, 4) is 0 Å². The molecule has 1 spiro atoms. The molecule has 2 unspecified atom stereocenters. The van der Waals surface area contributed by atoms with Crippen LogP contribution in [0.15, 0.2) is 59.6 Å². The molecular formula is C33H43F2N5O3. The van der Waals surface area contributed by atoms with Crippen LogP contribution in [0.3, 0.4) is 0 Å². The number of carbonyl (C=O) groups is 2. The molecule has 0 aromatic heterocycles. The van der Waals surface area contributed by atoms with Crippen LogP contribution < -0.4 is 5.32 Å². The summed E-state index contributed by atoms with van der Waals surface area (Å²) in [5.74, 6) is -0.977. The first-order valence-corrected chi connectivity index (χ1v) is 14.9. The number of aldehydes is 1. The lowest BCUT2D eigenvalue weighted by Gasteiger charge is -2.52. The Balaban J connectivity index is 0.000000225. The normalized spacial score (nSPS) is 24.1. The Morgan fingerprint density at radius 2 is 1.86 bits per heavy atom. The number of nitrogens with one attached hydrogen (secondary N) is 1. The summed E-state index contributed by atoms with van der Waals surface area (Å²) >= 11 is 0. The number of piperazine rings is 1. The number of aliphatic hydroxyl groups is 1. The fourth-order valence-electron chi connectivity index (χ4n) is 6.71. The van der Waals surface area contributed by atoms with Crippen LogP contribution in [-0.2, 0) is 9.59 Å². The fraction of sp³-hybridized carbons (Fsp3) is 0.485. The smallest absolute Gasteiger partial charge is 0.210 e. The summed E-state index contributed by atoms with van der Waals surface area (Å²) in [5, 5.41) is 14.6. The molecule has 2 aromatic rings. The number of halogens is 2. The SMILES string of the molecule is CN(C=N/C(=C\C=O)c1ccccc1)CC1(O)CCN(C)CC12CCCC2.O=CN1CCNCC1c1cc(F)ccc1F. The van der Waals surface area contributed by atoms with E-state index in [1.807, 2.05) is 42.3 Å². The Morgan fingerprint density at radius 1 is 1.12 bits per heavy atom. The predicted octanol–water partition coefficient (Wildman–Crippen LogP) is 3.88. The van der Waals surface area contributed by atoms with E-state index >= 15 is 0 Å². The lowest BCUT2D eigenvalue weighted by atomic mass is 9.66. The summed E-state index contributed by atoms with van der Waals surface area (Å²) in [6.07, 6.45) is 10.0. The van der Waals surface area contributed by atoms with E-state index in [9.17, 15) is 23.5 Å². The highest BCUT2D eigenvalue weighted by atomic mass is 19.1. The number of likely N-dealkylation sites (tertiary alicyclic amines) is 1. The van der Waals surface area contributed by atoms with Crippen molar-refractivity contribution in [3.63, 3.8) is 0 Å². The highest BCUT2D eigenvalue weighted by Crippen LogP contribution is 2.50. The monoisotopic (exact) mass is 595 g/mol. The molecular weight excluding hydrogens is 552 g/mol. The van der Waals surface area contributed by atoms with E-state index < -0.39 is 23.3 Å². The van der Waals surface area contributed by atoms with Gasteiger partial charge in [0.2, 0.25) is 6.41 Å². The second-order valence-electron chi connectivity index (χ2n) is 11.9. The highest BCUT2D eigenvalue weighted by molar-refractivity contribution is 5.83. The van der Waals surface area contributed by atoms with Gasteiger partial charge in [-0.15, -0.1) is 0 Å². The number of hydrogen-bond acceptors (Lipinski definition) is 6. The minimum atomic E-state index is -0.696. The maximum absolute atomic E-state index is 13.5. The maximum Gasteiger partial charge on any atom is 0.210 e. The number of rotatable bonds is 8. The first-order valence-electron chi connectivity index (χ1n) is 14.9. The standard InChI is InChI=1S/C22H31N3O2.C11H12F2N2O/c1-24-14-13-22(27,21(16-24)11-6-7-12-21)17-25(2)18-23-20(10-15-26)19-8-4-3-5-9-19;12-8-1-2-10(13)9(5-8)11-6-14-3-4-15(11)7-16/h3-5,8-10,15,18,27H,6-7,11-14,16-17H2,1-2H3;1-2,5,7,11,14H,3-4,6H2/b20-10-,23-18?;. The van der Waals surface area contributed by atoms with Gasteiger partial charge in [0.15, 0.2) is 0 Å². The zero-order valence-electron chi connectivity index (χ0n) is 25.1. The topological polar surface area (TPSA) is 88.5 Å². The summed E-state index contributed by atoms with van der Waals surface area (Å²) in [7, 11) is 4.10. The minimum absolute atomic E-state index is 0.0109. The third kappa shape index (κ3) is 7.93. The molecule has 2 aromatic carbocycles. The van der Waals surface area contributed by atoms with Crippen molar-refractivity contribution < 1.29 is 23.5 Å². The summed E-state index contributed by atoms with van der Waals surface area (Å²) in [6, 6.07) is 12.5. The van der Waals surface area contributed by atoms with Crippen molar-refractivity contribution in [2.24, 2.45) is 10.4 Å². The fourth-order valence-corrected chi connectivity index (χ4v) is 6.71. The van der Waals surface area contributed by atoms with Gasteiger partial charge in [-0.25, -0.2) is 13.8 Å². The van der Waals surface area contributed by atoms with Crippen molar-refractivity contribution in [2.45, 2.75) is 43.7 Å². The zero-order valence-corrected chi connectivity index (χ0v) is 25.1. The largest absolute Gasteiger partial charge is 0.387 e. The molecule has 1 amide bonds. The van der Waals surface area contributed by atoms with Crippen LogP contribution in [0.1, 0.15) is 49.3 Å². The second kappa shape index (κ2) is 14.8. The summed E-state index contributed by atoms with van der Waals surface area (Å²) in [5.41, 5.74) is 1.04. The first-order chi connectivity index (χ1) is 20.7. The minimum Gasteiger partial charge on any atom is -0.387 e. The highest BCUT2D eigenvalue weighted by Gasteiger charge is 2.54. The molecule has 2 aliphatic heterocycles. The molecule has 3 fully saturated rings. The molecule has 2 atom stereocenters. The third-order valence-electron chi connectivity index (χ3n) is 8.97. The van der Waals surface area contributed by atoms with Crippen molar-refractivity contribution in [3.05, 3.63) is 77.4 Å². The molecule has 43 heavy (non-hydrogen) atoms. The molecule has 10 heteroatoms. The van der Waals surface area contributed by atoms with Gasteiger partial charge in [-0.05, 0) is 44.5 Å². The van der Waals surface area contributed by atoms with Crippen LogP contribution in [-0.4, -0.2) is 97.8 Å². The van der Waals surface area contributed by atoms with Gasteiger partial charge in [0.25, 0.3) is 0 Å². The van der Waals surface area contributed by atoms with Crippen molar-refractivity contribution in [1.29, 1.82) is 0 Å². The first kappa shape index (κ1) is 32.4. The molecule has 2 heterocycles. The van der Waals surface area contributed by atoms with Crippen molar-refractivity contribution in [2.75, 3.05) is 53.4 Å². The lowest BCUT2D eigenvalue weighted by molar-refractivity contribution is -0.134. The molecule has 2 saturated heterocycles. The number of amides is 1. The van der Waals surface area contributed by atoms with Crippen LogP contribution in [0.5, 0.6) is 0 Å². The van der Waals surface area contributed by atoms with E-state index in [1.165, 1.54) is 23.8 Å². The average molecular weight is 596 g/mol. The van der Waals surface area contributed by atoms with Gasteiger partial charge in [-0.1, -0.05) is 43.2 Å². The van der Waals surface area contributed by atoms with E-state index in [-0.39, 0.29) is 11.0 Å². The molecule has 5 rings (SSSR count).